The molecule has 0 amide bonds. The summed E-state index contributed by atoms with van der Waals surface area (Å²) in [5.74, 6) is 1.58. The Morgan fingerprint density at radius 2 is 1.96 bits per heavy atom. The first-order valence-corrected chi connectivity index (χ1v) is 8.81. The lowest BCUT2D eigenvalue weighted by Gasteiger charge is -2.30. The zero-order chi connectivity index (χ0) is 17.4. The molecule has 0 bridgehead atoms. The fourth-order valence-electron chi connectivity index (χ4n) is 3.71. The number of aromatic nitrogens is 4. The highest BCUT2D eigenvalue weighted by Crippen LogP contribution is 2.19. The van der Waals surface area contributed by atoms with Gasteiger partial charge in [0.15, 0.2) is 11.2 Å². The smallest absolute Gasteiger partial charge is 0.321 e. The fourth-order valence-corrected chi connectivity index (χ4v) is 3.71. The number of hydrogen-bond donors (Lipinski definition) is 0. The number of hydrogen-bond acceptors (Lipinski definition) is 4. The second-order valence-electron chi connectivity index (χ2n) is 7.04. The summed E-state index contributed by atoms with van der Waals surface area (Å²) >= 11 is 0. The second kappa shape index (κ2) is 6.55. The minimum Gasteiger partial charge on any atom is -0.321 e. The van der Waals surface area contributed by atoms with Crippen LogP contribution in [0.3, 0.4) is 0 Å². The van der Waals surface area contributed by atoms with E-state index >= 15 is 0 Å². The molecule has 1 atom stereocenters. The topological polar surface area (TPSA) is 65.1 Å². The molecule has 7 nitrogen and oxygen atoms in total. The van der Waals surface area contributed by atoms with Gasteiger partial charge in [-0.2, -0.15) is 0 Å². The molecule has 1 unspecified atom stereocenters. The molecule has 0 radical (unpaired) electrons. The van der Waals surface area contributed by atoms with Crippen LogP contribution in [0, 0.1) is 5.92 Å². The van der Waals surface area contributed by atoms with Crippen LogP contribution in [0.5, 0.6) is 0 Å². The van der Waals surface area contributed by atoms with E-state index in [2.05, 4.69) is 23.7 Å². The predicted molar refractivity (Wildman–Crippen MR) is 94.2 cm³/mol. The lowest BCUT2D eigenvalue weighted by Crippen LogP contribution is -2.37. The highest BCUT2D eigenvalue weighted by Gasteiger charge is 2.22. The molecule has 1 fully saturated rings. The Bertz CT molecular complexity index is 860. The van der Waals surface area contributed by atoms with Gasteiger partial charge in [0.2, 0.25) is 0 Å². The number of nitrogens with zero attached hydrogens (tertiary/aromatic N) is 5. The molecule has 3 heterocycles. The van der Waals surface area contributed by atoms with E-state index in [9.17, 15) is 9.59 Å². The molecule has 1 saturated heterocycles. The summed E-state index contributed by atoms with van der Waals surface area (Å²) in [5.41, 5.74) is 0.456. The third kappa shape index (κ3) is 2.81. The van der Waals surface area contributed by atoms with Crippen LogP contribution < -0.4 is 11.2 Å². The highest BCUT2D eigenvalue weighted by molar-refractivity contribution is 5.71. The van der Waals surface area contributed by atoms with Crippen molar-refractivity contribution < 1.29 is 0 Å². The summed E-state index contributed by atoms with van der Waals surface area (Å²) in [6.45, 7) is 7.97. The quantitative estimate of drug-likeness (QED) is 0.840. The van der Waals surface area contributed by atoms with Gasteiger partial charge in [-0.25, -0.2) is 9.78 Å². The first-order chi connectivity index (χ1) is 11.4. The van der Waals surface area contributed by atoms with Crippen molar-refractivity contribution in [2.45, 2.75) is 46.2 Å². The summed E-state index contributed by atoms with van der Waals surface area (Å²) in [4.78, 5) is 31.9. The predicted octanol–water partition coefficient (Wildman–Crippen LogP) is 1.08. The van der Waals surface area contributed by atoms with Gasteiger partial charge < -0.3 is 4.57 Å². The average molecular weight is 333 g/mol. The lowest BCUT2D eigenvalue weighted by atomic mass is 10.0. The van der Waals surface area contributed by atoms with Crippen molar-refractivity contribution in [3.8, 4) is 0 Å². The molecule has 132 valence electrons. The van der Waals surface area contributed by atoms with E-state index < -0.39 is 0 Å². The van der Waals surface area contributed by atoms with Crippen molar-refractivity contribution in [3.05, 3.63) is 26.7 Å². The molecule has 1 aliphatic heterocycles. The molecular weight excluding hydrogens is 306 g/mol. The van der Waals surface area contributed by atoms with Crippen LogP contribution in [0.25, 0.3) is 11.2 Å². The number of rotatable bonds is 4. The van der Waals surface area contributed by atoms with Crippen LogP contribution in [0.15, 0.2) is 9.59 Å². The zero-order valence-corrected chi connectivity index (χ0v) is 15.1. The molecule has 0 aromatic carbocycles. The summed E-state index contributed by atoms with van der Waals surface area (Å²) in [5, 5.41) is 0. The van der Waals surface area contributed by atoms with Gasteiger partial charge in [-0.15, -0.1) is 0 Å². The van der Waals surface area contributed by atoms with Crippen LogP contribution >= 0.6 is 0 Å². The molecular formula is C17H27N5O2. The molecule has 24 heavy (non-hydrogen) atoms. The SMILES string of the molecule is CCCn1c(CN2CCCC(C)C2)nc2c1c(=O)n(C)c(=O)n2C. The minimum absolute atomic E-state index is 0.257. The summed E-state index contributed by atoms with van der Waals surface area (Å²) in [6.07, 6.45) is 3.40. The van der Waals surface area contributed by atoms with Crippen molar-refractivity contribution in [1.82, 2.24) is 23.6 Å². The molecule has 3 rings (SSSR count). The second-order valence-corrected chi connectivity index (χ2v) is 7.04. The third-order valence-electron chi connectivity index (χ3n) is 4.98. The Balaban J connectivity index is 2.12. The van der Waals surface area contributed by atoms with Crippen molar-refractivity contribution in [3.63, 3.8) is 0 Å². The van der Waals surface area contributed by atoms with E-state index in [-0.39, 0.29) is 11.2 Å². The standard InChI is InChI=1S/C17H27N5O2/c1-5-8-22-13(11-21-9-6-7-12(2)10-21)18-15-14(22)16(23)20(4)17(24)19(15)3/h12H,5-11H2,1-4H3. The van der Waals surface area contributed by atoms with Gasteiger partial charge in [-0.1, -0.05) is 13.8 Å². The maximum absolute atomic E-state index is 12.6. The summed E-state index contributed by atoms with van der Waals surface area (Å²) in [7, 11) is 3.21. The fraction of sp³-hybridized carbons (Fsp3) is 0.706. The van der Waals surface area contributed by atoms with E-state index in [1.807, 2.05) is 4.57 Å². The molecule has 0 spiro atoms. The van der Waals surface area contributed by atoms with Gasteiger partial charge in [-0.05, 0) is 31.7 Å². The molecule has 0 aliphatic carbocycles. The van der Waals surface area contributed by atoms with Crippen molar-refractivity contribution in [2.75, 3.05) is 13.1 Å². The van der Waals surface area contributed by atoms with E-state index in [0.717, 1.165) is 38.4 Å². The number of fused-ring (bicyclic) bond motifs is 1. The average Bonchev–Trinajstić information content (AvgIpc) is 2.90. The largest absolute Gasteiger partial charge is 0.332 e. The number of likely N-dealkylation sites (tertiary alicyclic amines) is 1. The molecule has 1 aliphatic rings. The lowest BCUT2D eigenvalue weighted by molar-refractivity contribution is 0.171. The van der Waals surface area contributed by atoms with Gasteiger partial charge >= 0.3 is 5.69 Å². The van der Waals surface area contributed by atoms with E-state index in [0.29, 0.717) is 17.1 Å². The van der Waals surface area contributed by atoms with Crippen LogP contribution in [0.2, 0.25) is 0 Å². The Kier molecular flexibility index (Phi) is 4.62. The van der Waals surface area contributed by atoms with Crippen molar-refractivity contribution in [1.29, 1.82) is 0 Å². The Morgan fingerprint density at radius 3 is 2.62 bits per heavy atom. The monoisotopic (exact) mass is 333 g/mol. The molecule has 7 heteroatoms. The van der Waals surface area contributed by atoms with E-state index in [1.54, 1.807) is 7.05 Å². The Morgan fingerprint density at radius 1 is 1.21 bits per heavy atom. The Hall–Kier alpha value is -1.89. The van der Waals surface area contributed by atoms with E-state index in [1.165, 1.54) is 29.0 Å². The van der Waals surface area contributed by atoms with Crippen LogP contribution in [-0.2, 0) is 27.2 Å². The van der Waals surface area contributed by atoms with Gasteiger partial charge in [0.25, 0.3) is 5.56 Å². The van der Waals surface area contributed by atoms with Crippen LogP contribution in [0.4, 0.5) is 0 Å². The van der Waals surface area contributed by atoms with Gasteiger partial charge in [0, 0.05) is 27.2 Å². The highest BCUT2D eigenvalue weighted by atomic mass is 16.2. The van der Waals surface area contributed by atoms with Crippen LogP contribution in [-0.4, -0.2) is 36.7 Å². The number of aryl methyl sites for hydroxylation is 2. The summed E-state index contributed by atoms with van der Waals surface area (Å²) < 4.78 is 4.66. The first-order valence-electron chi connectivity index (χ1n) is 8.81. The van der Waals surface area contributed by atoms with Crippen LogP contribution in [0.1, 0.15) is 38.9 Å². The van der Waals surface area contributed by atoms with Crippen molar-refractivity contribution in [2.24, 2.45) is 20.0 Å². The maximum atomic E-state index is 12.6. The minimum atomic E-state index is -0.327. The van der Waals surface area contributed by atoms with Gasteiger partial charge in [0.1, 0.15) is 5.82 Å². The zero-order valence-electron chi connectivity index (χ0n) is 15.1. The third-order valence-corrected chi connectivity index (χ3v) is 4.98. The van der Waals surface area contributed by atoms with Gasteiger partial charge in [-0.3, -0.25) is 18.8 Å². The summed E-state index contributed by atoms with van der Waals surface area (Å²) in [6, 6.07) is 0. The first kappa shape index (κ1) is 17.0. The molecule has 2 aromatic heterocycles. The number of imidazole rings is 1. The maximum Gasteiger partial charge on any atom is 0.332 e. The van der Waals surface area contributed by atoms with Crippen molar-refractivity contribution >= 4 is 11.2 Å². The normalized spacial score (nSPS) is 19.2. The number of piperidine rings is 1. The molecule has 0 saturated carbocycles. The Labute approximate surface area is 141 Å². The molecule has 2 aromatic rings. The van der Waals surface area contributed by atoms with Gasteiger partial charge in [0.05, 0.1) is 6.54 Å². The van der Waals surface area contributed by atoms with E-state index in [4.69, 9.17) is 0 Å². The molecule has 0 N–H and O–H groups in total.